The monoisotopic (exact) mass is 346 g/mol. The van der Waals surface area contributed by atoms with Gasteiger partial charge in [0.1, 0.15) is 5.82 Å². The molecule has 0 unspecified atom stereocenters. The second-order valence-corrected chi connectivity index (χ2v) is 6.14. The molecular weight excluding hydrogens is 328 g/mol. The first-order valence-electron chi connectivity index (χ1n) is 7.64. The van der Waals surface area contributed by atoms with Gasteiger partial charge in [-0.1, -0.05) is 0 Å². The highest BCUT2D eigenvalue weighted by molar-refractivity contribution is 7.14. The van der Waals surface area contributed by atoms with Gasteiger partial charge in [-0.2, -0.15) is 5.10 Å². The maximum atomic E-state index is 11.8. The Morgan fingerprint density at radius 1 is 1.50 bits per heavy atom. The van der Waals surface area contributed by atoms with Crippen molar-refractivity contribution >= 4 is 34.5 Å². The summed E-state index contributed by atoms with van der Waals surface area (Å²) < 4.78 is 11.0. The lowest BCUT2D eigenvalue weighted by atomic mass is 10.2. The normalized spacial score (nSPS) is 13.9. The first-order valence-corrected chi connectivity index (χ1v) is 8.52. The van der Waals surface area contributed by atoms with Gasteiger partial charge in [-0.15, -0.1) is 11.3 Å². The number of nitrogens with two attached hydrogens (primary N) is 1. The van der Waals surface area contributed by atoms with E-state index in [-0.39, 0.29) is 11.9 Å². The van der Waals surface area contributed by atoms with E-state index < -0.39 is 0 Å². The van der Waals surface area contributed by atoms with Gasteiger partial charge in [0.05, 0.1) is 18.7 Å². The van der Waals surface area contributed by atoms with Crippen LogP contribution in [0.2, 0.25) is 0 Å². The molecule has 24 heavy (non-hydrogen) atoms. The molecule has 1 aromatic carbocycles. The van der Waals surface area contributed by atoms with Gasteiger partial charge in [-0.05, 0) is 43.5 Å². The Hall–Kier alpha value is -2.61. The largest absolute Gasteiger partial charge is 0.490 e. The molecule has 8 heteroatoms. The molecule has 1 heterocycles. The van der Waals surface area contributed by atoms with Crippen LogP contribution >= 0.6 is 11.3 Å². The minimum atomic E-state index is -0.194. The molecule has 1 aliphatic carbocycles. The van der Waals surface area contributed by atoms with Crippen LogP contribution in [0.25, 0.3) is 0 Å². The predicted molar refractivity (Wildman–Crippen MR) is 93.7 cm³/mol. The van der Waals surface area contributed by atoms with E-state index >= 15 is 0 Å². The molecule has 0 spiro atoms. The van der Waals surface area contributed by atoms with Gasteiger partial charge in [0, 0.05) is 5.38 Å². The zero-order valence-corrected chi connectivity index (χ0v) is 14.0. The third kappa shape index (κ3) is 4.23. The number of aromatic nitrogens is 1. The third-order valence-corrected chi connectivity index (χ3v) is 4.05. The Labute approximate surface area is 143 Å². The van der Waals surface area contributed by atoms with Crippen LogP contribution < -0.4 is 20.6 Å². The van der Waals surface area contributed by atoms with Crippen molar-refractivity contribution in [2.75, 3.05) is 17.8 Å². The number of esters is 1. The molecule has 0 radical (unpaired) electrons. The molecule has 1 saturated carbocycles. The summed E-state index contributed by atoms with van der Waals surface area (Å²) in [4.78, 5) is 15.9. The maximum Gasteiger partial charge on any atom is 0.314 e. The number of carbonyl (C=O) groups is 1. The van der Waals surface area contributed by atoms with Crippen molar-refractivity contribution in [1.82, 2.24) is 4.98 Å². The average molecular weight is 346 g/mol. The van der Waals surface area contributed by atoms with E-state index in [1.807, 2.05) is 6.92 Å². The Balaban J connectivity index is 1.68. The standard InChI is InChI=1S/C16H18N4O3S/c1-2-22-13-7-10(8-18-20-16-19-14(17)9-24-16)3-6-12(13)23-15(21)11-4-5-11/h3,6-9,11H,2,4-5,17H2,1H3,(H,19,20). The minimum Gasteiger partial charge on any atom is -0.490 e. The van der Waals surface area contributed by atoms with E-state index in [1.165, 1.54) is 11.3 Å². The summed E-state index contributed by atoms with van der Waals surface area (Å²) in [5, 5.41) is 6.45. The van der Waals surface area contributed by atoms with Crippen molar-refractivity contribution in [1.29, 1.82) is 0 Å². The number of nitrogens with one attached hydrogen (secondary N) is 1. The number of nitrogens with zero attached hydrogens (tertiary/aromatic N) is 2. The topological polar surface area (TPSA) is 98.8 Å². The lowest BCUT2D eigenvalue weighted by molar-refractivity contribution is -0.135. The maximum absolute atomic E-state index is 11.8. The molecule has 1 fully saturated rings. The summed E-state index contributed by atoms with van der Waals surface area (Å²) >= 11 is 1.37. The van der Waals surface area contributed by atoms with Crippen LogP contribution in [0.1, 0.15) is 25.3 Å². The molecule has 0 aliphatic heterocycles. The quantitative estimate of drug-likeness (QED) is 0.346. The molecule has 126 valence electrons. The fourth-order valence-corrected chi connectivity index (χ4v) is 2.52. The molecule has 0 atom stereocenters. The average Bonchev–Trinajstić information content (AvgIpc) is 3.33. The van der Waals surface area contributed by atoms with Gasteiger partial charge < -0.3 is 15.2 Å². The molecule has 0 bridgehead atoms. The van der Waals surface area contributed by atoms with Crippen molar-refractivity contribution in [3.63, 3.8) is 0 Å². The van der Waals surface area contributed by atoms with Crippen LogP contribution in [-0.4, -0.2) is 23.8 Å². The molecule has 3 N–H and O–H groups in total. The minimum absolute atomic E-state index is 0.0376. The van der Waals surface area contributed by atoms with E-state index in [0.717, 1.165) is 18.4 Å². The van der Waals surface area contributed by atoms with Crippen molar-refractivity contribution < 1.29 is 14.3 Å². The fraction of sp³-hybridized carbons (Fsp3) is 0.312. The summed E-state index contributed by atoms with van der Waals surface area (Å²) in [7, 11) is 0. The van der Waals surface area contributed by atoms with Crippen LogP contribution in [0.3, 0.4) is 0 Å². The summed E-state index contributed by atoms with van der Waals surface area (Å²) in [6.07, 6.45) is 3.44. The van der Waals surface area contributed by atoms with E-state index in [0.29, 0.717) is 29.1 Å². The number of anilines is 2. The van der Waals surface area contributed by atoms with E-state index in [2.05, 4.69) is 15.5 Å². The van der Waals surface area contributed by atoms with Crippen molar-refractivity contribution in [3.8, 4) is 11.5 Å². The number of carbonyl (C=O) groups excluding carboxylic acids is 1. The van der Waals surface area contributed by atoms with Gasteiger partial charge >= 0.3 is 5.97 Å². The molecule has 2 aromatic rings. The Morgan fingerprint density at radius 2 is 2.33 bits per heavy atom. The van der Waals surface area contributed by atoms with Crippen molar-refractivity contribution in [3.05, 3.63) is 29.1 Å². The van der Waals surface area contributed by atoms with E-state index in [1.54, 1.807) is 29.8 Å². The summed E-state index contributed by atoms with van der Waals surface area (Å²) in [6.45, 7) is 2.35. The lowest BCUT2D eigenvalue weighted by Crippen LogP contribution is -2.11. The number of hydrogen-bond acceptors (Lipinski definition) is 8. The SMILES string of the molecule is CCOc1cc(C=NNc2nc(N)cs2)ccc1OC(=O)C1CC1. The van der Waals surface area contributed by atoms with Crippen LogP contribution in [0.4, 0.5) is 10.9 Å². The summed E-state index contributed by atoms with van der Waals surface area (Å²) in [5.41, 5.74) is 9.16. The van der Waals surface area contributed by atoms with Gasteiger partial charge in [0.15, 0.2) is 11.5 Å². The number of rotatable bonds is 7. The van der Waals surface area contributed by atoms with Crippen LogP contribution in [0.5, 0.6) is 11.5 Å². The number of hydrogen-bond donors (Lipinski definition) is 2. The number of ether oxygens (including phenoxy) is 2. The van der Waals surface area contributed by atoms with Gasteiger partial charge in [-0.3, -0.25) is 10.2 Å². The van der Waals surface area contributed by atoms with Gasteiger partial charge in [-0.25, -0.2) is 4.98 Å². The number of benzene rings is 1. The third-order valence-electron chi connectivity index (χ3n) is 3.28. The van der Waals surface area contributed by atoms with E-state index in [4.69, 9.17) is 15.2 Å². The molecule has 1 aromatic heterocycles. The van der Waals surface area contributed by atoms with Crippen molar-refractivity contribution in [2.45, 2.75) is 19.8 Å². The smallest absolute Gasteiger partial charge is 0.314 e. The first kappa shape index (κ1) is 16.3. The molecule has 3 rings (SSSR count). The lowest BCUT2D eigenvalue weighted by Gasteiger charge is -2.11. The predicted octanol–water partition coefficient (Wildman–Crippen LogP) is 2.89. The molecule has 0 saturated heterocycles. The summed E-state index contributed by atoms with van der Waals surface area (Å²) in [5.74, 6) is 1.26. The van der Waals surface area contributed by atoms with Crippen LogP contribution in [0.15, 0.2) is 28.7 Å². The highest BCUT2D eigenvalue weighted by atomic mass is 32.1. The number of nitrogen functional groups attached to an aromatic ring is 1. The molecular formula is C16H18N4O3S. The Kier molecular flexibility index (Phi) is 4.95. The van der Waals surface area contributed by atoms with Gasteiger partial charge in [0.2, 0.25) is 5.13 Å². The Bertz CT molecular complexity index is 756. The van der Waals surface area contributed by atoms with Crippen LogP contribution in [-0.2, 0) is 4.79 Å². The van der Waals surface area contributed by atoms with E-state index in [9.17, 15) is 4.79 Å². The molecule has 1 aliphatic rings. The zero-order valence-electron chi connectivity index (χ0n) is 13.2. The van der Waals surface area contributed by atoms with Crippen molar-refractivity contribution in [2.24, 2.45) is 11.0 Å². The van der Waals surface area contributed by atoms with Crippen LogP contribution in [0, 0.1) is 5.92 Å². The van der Waals surface area contributed by atoms with Gasteiger partial charge in [0.25, 0.3) is 0 Å². The number of thiazole rings is 1. The fourth-order valence-electron chi connectivity index (χ4n) is 1.97. The highest BCUT2D eigenvalue weighted by Gasteiger charge is 2.32. The second kappa shape index (κ2) is 7.31. The molecule has 7 nitrogen and oxygen atoms in total. The zero-order chi connectivity index (χ0) is 16.9. The summed E-state index contributed by atoms with van der Waals surface area (Å²) in [6, 6.07) is 5.30. The number of hydrazone groups is 1. The first-order chi connectivity index (χ1) is 11.7. The second-order valence-electron chi connectivity index (χ2n) is 5.28. The molecule has 0 amide bonds. The highest BCUT2D eigenvalue weighted by Crippen LogP contribution is 2.34. The Morgan fingerprint density at radius 3 is 3.00 bits per heavy atom.